The summed E-state index contributed by atoms with van der Waals surface area (Å²) in [5.41, 5.74) is 1.27. The normalized spacial score (nSPS) is 14.6. The number of amides is 1. The molecule has 0 unspecified atom stereocenters. The number of rotatable bonds is 4. The van der Waals surface area contributed by atoms with Crippen molar-refractivity contribution in [2.24, 2.45) is 0 Å². The molecule has 8 nitrogen and oxygen atoms in total. The van der Waals surface area contributed by atoms with E-state index in [4.69, 9.17) is 0 Å². The number of benzene rings is 2. The van der Waals surface area contributed by atoms with Crippen LogP contribution in [0.5, 0.6) is 0 Å². The summed E-state index contributed by atoms with van der Waals surface area (Å²) in [6.07, 6.45) is 1.24. The number of carbonyl (C=O) groups excluding carboxylic acids is 1. The lowest BCUT2D eigenvalue weighted by molar-refractivity contribution is 0.0711. The van der Waals surface area contributed by atoms with Gasteiger partial charge in [0.05, 0.1) is 6.54 Å². The largest absolute Gasteiger partial charge is 0.339 e. The number of aromatic nitrogens is 5. The summed E-state index contributed by atoms with van der Waals surface area (Å²) in [7, 11) is 0. The van der Waals surface area contributed by atoms with Gasteiger partial charge >= 0.3 is 0 Å². The predicted octanol–water partition coefficient (Wildman–Crippen LogP) is 3.17. The Morgan fingerprint density at radius 1 is 1.09 bits per heavy atom. The second kappa shape index (κ2) is 8.77. The summed E-state index contributed by atoms with van der Waals surface area (Å²) in [6, 6.07) is 11.1. The molecule has 0 aliphatic carbocycles. The van der Waals surface area contributed by atoms with Crippen molar-refractivity contribution < 1.29 is 13.6 Å². The van der Waals surface area contributed by atoms with Crippen LogP contribution in [0.4, 0.5) is 8.78 Å². The van der Waals surface area contributed by atoms with E-state index >= 15 is 0 Å². The summed E-state index contributed by atoms with van der Waals surface area (Å²) in [5, 5.41) is 7.74. The molecule has 3 heterocycles. The zero-order valence-corrected chi connectivity index (χ0v) is 18.5. The van der Waals surface area contributed by atoms with E-state index in [9.17, 15) is 18.4 Å². The van der Waals surface area contributed by atoms with E-state index in [-0.39, 0.29) is 35.1 Å². The first-order chi connectivity index (χ1) is 16.4. The van der Waals surface area contributed by atoms with Crippen LogP contribution in [-0.2, 0) is 6.54 Å². The first-order valence-electron chi connectivity index (χ1n) is 11.0. The molecule has 0 atom stereocenters. The van der Waals surface area contributed by atoms with Crippen LogP contribution < -0.4 is 5.56 Å². The minimum Gasteiger partial charge on any atom is -0.339 e. The number of likely N-dealkylation sites (tertiary alicyclic amines) is 1. The third kappa shape index (κ3) is 4.07. The first-order valence-corrected chi connectivity index (χ1v) is 11.0. The number of halogens is 2. The van der Waals surface area contributed by atoms with E-state index in [0.717, 1.165) is 17.7 Å². The lowest BCUT2D eigenvalue weighted by Crippen LogP contribution is -2.38. The van der Waals surface area contributed by atoms with E-state index in [1.807, 2.05) is 31.2 Å². The standard InChI is InChI=1S/C24H22F2N6O2/c1-14-5-7-16(8-6-14)24(34)31-11-9-15(10-12-31)21-27-22-20(23(33)28-21)29-30-32(22)13-17-18(25)3-2-4-19(17)26/h2-8,15H,9-13H2,1H3,(H,27,28,33). The van der Waals surface area contributed by atoms with Gasteiger partial charge < -0.3 is 9.88 Å². The van der Waals surface area contributed by atoms with E-state index in [1.165, 1.54) is 10.7 Å². The Morgan fingerprint density at radius 2 is 1.76 bits per heavy atom. The number of piperidine rings is 1. The Kier molecular flexibility index (Phi) is 5.64. The first kappa shape index (κ1) is 21.9. The van der Waals surface area contributed by atoms with Crippen LogP contribution in [0.2, 0.25) is 0 Å². The zero-order valence-electron chi connectivity index (χ0n) is 18.5. The third-order valence-corrected chi connectivity index (χ3v) is 6.23. The molecule has 174 valence electrons. The maximum atomic E-state index is 14.1. The smallest absolute Gasteiger partial charge is 0.281 e. The van der Waals surface area contributed by atoms with Crippen LogP contribution in [-0.4, -0.2) is 48.9 Å². The molecular weight excluding hydrogens is 442 g/mol. The summed E-state index contributed by atoms with van der Waals surface area (Å²) in [5.74, 6) is -1.06. The highest BCUT2D eigenvalue weighted by molar-refractivity contribution is 5.94. The lowest BCUT2D eigenvalue weighted by Gasteiger charge is -2.31. The number of aryl methyl sites for hydroxylation is 1. The molecule has 0 bridgehead atoms. The molecule has 1 saturated heterocycles. The summed E-state index contributed by atoms with van der Waals surface area (Å²) in [6.45, 7) is 2.78. The molecule has 0 saturated carbocycles. The molecule has 1 fully saturated rings. The molecule has 34 heavy (non-hydrogen) atoms. The molecule has 0 radical (unpaired) electrons. The van der Waals surface area contributed by atoms with Crippen LogP contribution in [0, 0.1) is 18.6 Å². The van der Waals surface area contributed by atoms with Gasteiger partial charge in [-0.2, -0.15) is 0 Å². The number of carbonyl (C=O) groups is 1. The van der Waals surface area contributed by atoms with Crippen molar-refractivity contribution in [2.75, 3.05) is 13.1 Å². The molecule has 1 amide bonds. The fourth-order valence-electron chi connectivity index (χ4n) is 4.25. The van der Waals surface area contributed by atoms with Crippen molar-refractivity contribution in [3.8, 4) is 0 Å². The topological polar surface area (TPSA) is 96.8 Å². The SMILES string of the molecule is Cc1ccc(C(=O)N2CCC(c3nc4c(nnn4Cc4c(F)cccc4F)c(=O)[nH]3)CC2)cc1. The number of nitrogens with one attached hydrogen (secondary N) is 1. The van der Waals surface area contributed by atoms with Gasteiger partial charge in [0.1, 0.15) is 17.5 Å². The Morgan fingerprint density at radius 3 is 2.44 bits per heavy atom. The highest BCUT2D eigenvalue weighted by atomic mass is 19.1. The molecule has 2 aromatic carbocycles. The Balaban J connectivity index is 1.36. The second-order valence-corrected chi connectivity index (χ2v) is 8.50. The van der Waals surface area contributed by atoms with E-state index in [2.05, 4.69) is 20.3 Å². The number of nitrogens with zero attached hydrogens (tertiary/aromatic N) is 5. The molecule has 0 spiro atoms. The average Bonchev–Trinajstić information content (AvgIpc) is 3.25. The minimum atomic E-state index is -0.709. The monoisotopic (exact) mass is 464 g/mol. The number of hydrogen-bond acceptors (Lipinski definition) is 5. The second-order valence-electron chi connectivity index (χ2n) is 8.50. The van der Waals surface area contributed by atoms with E-state index in [1.54, 1.807) is 4.90 Å². The summed E-state index contributed by atoms with van der Waals surface area (Å²) in [4.78, 5) is 34.5. The zero-order chi connectivity index (χ0) is 23.8. The van der Waals surface area contributed by atoms with Crippen molar-refractivity contribution in [2.45, 2.75) is 32.2 Å². The molecule has 1 N–H and O–H groups in total. The third-order valence-electron chi connectivity index (χ3n) is 6.23. The van der Waals surface area contributed by atoms with Gasteiger partial charge in [0.15, 0.2) is 11.2 Å². The van der Waals surface area contributed by atoms with Crippen molar-refractivity contribution in [3.05, 3.63) is 87.0 Å². The summed E-state index contributed by atoms with van der Waals surface area (Å²) < 4.78 is 29.5. The number of fused-ring (bicyclic) bond motifs is 1. The molecule has 5 rings (SSSR count). The van der Waals surface area contributed by atoms with Gasteiger partial charge in [0.2, 0.25) is 0 Å². The van der Waals surface area contributed by atoms with E-state index < -0.39 is 17.2 Å². The van der Waals surface area contributed by atoms with Crippen molar-refractivity contribution in [1.82, 2.24) is 29.9 Å². The van der Waals surface area contributed by atoms with Crippen LogP contribution in [0.15, 0.2) is 47.3 Å². The molecule has 4 aromatic rings. The van der Waals surface area contributed by atoms with Crippen LogP contribution in [0.1, 0.15) is 46.1 Å². The number of H-pyrrole nitrogens is 1. The molecule has 10 heteroatoms. The highest BCUT2D eigenvalue weighted by Crippen LogP contribution is 2.27. The van der Waals surface area contributed by atoms with Crippen molar-refractivity contribution >= 4 is 17.1 Å². The summed E-state index contributed by atoms with van der Waals surface area (Å²) >= 11 is 0. The van der Waals surface area contributed by atoms with Gasteiger partial charge in [-0.05, 0) is 44.0 Å². The average molecular weight is 464 g/mol. The molecular formula is C24H22F2N6O2. The van der Waals surface area contributed by atoms with Crippen LogP contribution in [0.3, 0.4) is 0 Å². The minimum absolute atomic E-state index is 0.00693. The van der Waals surface area contributed by atoms with Crippen LogP contribution in [0.25, 0.3) is 11.2 Å². The predicted molar refractivity (Wildman–Crippen MR) is 120 cm³/mol. The molecule has 1 aliphatic rings. The number of aromatic amines is 1. The lowest BCUT2D eigenvalue weighted by atomic mass is 9.95. The van der Waals surface area contributed by atoms with Gasteiger partial charge in [-0.15, -0.1) is 5.10 Å². The quantitative estimate of drug-likeness (QED) is 0.501. The molecule has 1 aliphatic heterocycles. The van der Waals surface area contributed by atoms with Gasteiger partial charge in [-0.25, -0.2) is 18.4 Å². The molecule has 2 aromatic heterocycles. The van der Waals surface area contributed by atoms with Gasteiger partial charge in [-0.3, -0.25) is 9.59 Å². The maximum Gasteiger partial charge on any atom is 0.281 e. The van der Waals surface area contributed by atoms with Crippen LogP contribution >= 0.6 is 0 Å². The number of hydrogen-bond donors (Lipinski definition) is 1. The van der Waals surface area contributed by atoms with Gasteiger partial charge in [0, 0.05) is 30.1 Å². The van der Waals surface area contributed by atoms with Gasteiger partial charge in [-0.1, -0.05) is 29.0 Å². The van der Waals surface area contributed by atoms with E-state index in [0.29, 0.717) is 37.3 Å². The van der Waals surface area contributed by atoms with Crippen molar-refractivity contribution in [1.29, 1.82) is 0 Å². The fourth-order valence-corrected chi connectivity index (χ4v) is 4.25. The van der Waals surface area contributed by atoms with Gasteiger partial charge in [0.25, 0.3) is 11.5 Å². The maximum absolute atomic E-state index is 14.1. The fraction of sp³-hybridized carbons (Fsp3) is 0.292. The Bertz CT molecular complexity index is 1400. The van der Waals surface area contributed by atoms with Crippen molar-refractivity contribution in [3.63, 3.8) is 0 Å². The highest BCUT2D eigenvalue weighted by Gasteiger charge is 2.27. The Hall–Kier alpha value is -3.95. The Labute approximate surface area is 193 Å².